The van der Waals surface area contributed by atoms with E-state index in [1.807, 2.05) is 0 Å². The highest BCUT2D eigenvalue weighted by Crippen LogP contribution is 2.21. The molecule has 1 saturated heterocycles. The Morgan fingerprint density at radius 1 is 0.857 bits per heavy atom. The van der Waals surface area contributed by atoms with Gasteiger partial charge in [-0.15, -0.1) is 0 Å². The summed E-state index contributed by atoms with van der Waals surface area (Å²) in [5.74, 6) is 0.156. The van der Waals surface area contributed by atoms with Gasteiger partial charge < -0.3 is 9.47 Å². The fourth-order valence-corrected chi connectivity index (χ4v) is 2.44. The average molecular weight is 236 g/mol. The zero-order valence-electron chi connectivity index (χ0n) is 7.69. The lowest BCUT2D eigenvalue weighted by atomic mass is 10.3. The van der Waals surface area contributed by atoms with Gasteiger partial charge in [0.2, 0.25) is 0 Å². The lowest BCUT2D eigenvalue weighted by Gasteiger charge is -2.07. The molecular formula is C8H12O4S2. The average Bonchev–Trinajstić information content (AvgIpc) is 2.16. The van der Waals surface area contributed by atoms with Gasteiger partial charge in [-0.3, -0.25) is 9.59 Å². The van der Waals surface area contributed by atoms with Crippen LogP contribution in [-0.2, 0) is 19.1 Å². The molecule has 0 bridgehead atoms. The first kappa shape index (κ1) is 11.7. The Balaban J connectivity index is 2.27. The summed E-state index contributed by atoms with van der Waals surface area (Å²) < 4.78 is 9.86. The third-order valence-corrected chi connectivity index (χ3v) is 3.58. The molecule has 1 aliphatic rings. The molecule has 0 aromatic rings. The molecule has 1 aliphatic heterocycles. The predicted molar refractivity (Wildman–Crippen MR) is 56.1 cm³/mol. The van der Waals surface area contributed by atoms with E-state index in [0.29, 0.717) is 13.2 Å². The molecule has 0 radical (unpaired) electrons. The Kier molecular flexibility index (Phi) is 5.86. The fraction of sp³-hybridized carbons (Fsp3) is 0.750. The molecule has 0 N–H and O–H groups in total. The van der Waals surface area contributed by atoms with Crippen molar-refractivity contribution in [2.45, 2.75) is 12.8 Å². The molecule has 0 aromatic heterocycles. The number of esters is 2. The van der Waals surface area contributed by atoms with E-state index in [2.05, 4.69) is 0 Å². The van der Waals surface area contributed by atoms with Crippen LogP contribution in [0.4, 0.5) is 0 Å². The van der Waals surface area contributed by atoms with Crippen LogP contribution in [0.3, 0.4) is 0 Å². The van der Waals surface area contributed by atoms with Crippen LogP contribution in [0.25, 0.3) is 0 Å². The summed E-state index contributed by atoms with van der Waals surface area (Å²) in [5, 5.41) is 0. The van der Waals surface area contributed by atoms with E-state index in [9.17, 15) is 9.59 Å². The van der Waals surface area contributed by atoms with Crippen LogP contribution in [-0.4, -0.2) is 36.7 Å². The molecule has 0 unspecified atom stereocenters. The van der Waals surface area contributed by atoms with Crippen LogP contribution < -0.4 is 0 Å². The van der Waals surface area contributed by atoms with Crippen LogP contribution in [0.5, 0.6) is 0 Å². The Labute approximate surface area is 90.5 Å². The molecule has 1 rings (SSSR count). The molecule has 0 saturated carbocycles. The molecule has 0 aliphatic carbocycles. The van der Waals surface area contributed by atoms with Gasteiger partial charge in [0.15, 0.2) is 0 Å². The van der Waals surface area contributed by atoms with Gasteiger partial charge in [0.1, 0.15) is 11.5 Å². The van der Waals surface area contributed by atoms with Crippen molar-refractivity contribution in [3.63, 3.8) is 0 Å². The van der Waals surface area contributed by atoms with Crippen molar-refractivity contribution in [2.24, 2.45) is 0 Å². The molecule has 0 spiro atoms. The van der Waals surface area contributed by atoms with Gasteiger partial charge in [0.05, 0.1) is 13.2 Å². The van der Waals surface area contributed by atoms with E-state index in [1.165, 1.54) is 21.6 Å². The summed E-state index contributed by atoms with van der Waals surface area (Å²) >= 11 is 0. The molecule has 1 fully saturated rings. The maximum Gasteiger partial charge on any atom is 0.316 e. The molecule has 14 heavy (non-hydrogen) atoms. The minimum Gasteiger partial charge on any atom is -0.465 e. The van der Waals surface area contributed by atoms with Crippen molar-refractivity contribution in [1.82, 2.24) is 0 Å². The Morgan fingerprint density at radius 2 is 1.29 bits per heavy atom. The molecule has 0 aromatic carbocycles. The summed E-state index contributed by atoms with van der Waals surface area (Å²) in [5.41, 5.74) is 0. The monoisotopic (exact) mass is 236 g/mol. The van der Waals surface area contributed by atoms with Crippen molar-refractivity contribution in [3.05, 3.63) is 0 Å². The van der Waals surface area contributed by atoms with Crippen LogP contribution >= 0.6 is 21.6 Å². The fourth-order valence-electron chi connectivity index (χ4n) is 0.839. The molecule has 4 nitrogen and oxygen atoms in total. The van der Waals surface area contributed by atoms with E-state index in [0.717, 1.165) is 12.8 Å². The minimum absolute atomic E-state index is 0.212. The topological polar surface area (TPSA) is 52.6 Å². The van der Waals surface area contributed by atoms with E-state index in [-0.39, 0.29) is 23.4 Å². The third-order valence-electron chi connectivity index (χ3n) is 1.50. The van der Waals surface area contributed by atoms with Crippen molar-refractivity contribution in [2.75, 3.05) is 24.7 Å². The van der Waals surface area contributed by atoms with E-state index >= 15 is 0 Å². The second-order valence-corrected chi connectivity index (χ2v) is 5.14. The SMILES string of the molecule is O=C1CSSCC(=O)OCCCCO1. The molecule has 0 amide bonds. The first-order valence-corrected chi connectivity index (χ1v) is 6.83. The van der Waals surface area contributed by atoms with Crippen molar-refractivity contribution in [1.29, 1.82) is 0 Å². The Hall–Kier alpha value is -0.360. The maximum atomic E-state index is 11.0. The van der Waals surface area contributed by atoms with Gasteiger partial charge in [0.25, 0.3) is 0 Å². The van der Waals surface area contributed by atoms with Crippen LogP contribution in [0.15, 0.2) is 0 Å². The first-order chi connectivity index (χ1) is 6.79. The van der Waals surface area contributed by atoms with Crippen LogP contribution in [0.2, 0.25) is 0 Å². The quantitative estimate of drug-likeness (QED) is 0.466. The van der Waals surface area contributed by atoms with E-state index in [4.69, 9.17) is 9.47 Å². The molecule has 1 heterocycles. The normalized spacial score (nSPS) is 21.4. The highest BCUT2D eigenvalue weighted by atomic mass is 33.1. The van der Waals surface area contributed by atoms with Crippen LogP contribution in [0, 0.1) is 0 Å². The standard InChI is InChI=1S/C8H12O4S2/c9-7-5-13-14-6-8(10)12-4-2-1-3-11-7/h1-6H2. The summed E-state index contributed by atoms with van der Waals surface area (Å²) in [6, 6.07) is 0. The molecule has 0 atom stereocenters. The van der Waals surface area contributed by atoms with E-state index in [1.54, 1.807) is 0 Å². The number of carbonyl (C=O) groups excluding carboxylic acids is 2. The van der Waals surface area contributed by atoms with Crippen molar-refractivity contribution in [3.8, 4) is 0 Å². The second kappa shape index (κ2) is 7.00. The number of hydrogen-bond acceptors (Lipinski definition) is 6. The van der Waals surface area contributed by atoms with Gasteiger partial charge in [0, 0.05) is 0 Å². The van der Waals surface area contributed by atoms with Gasteiger partial charge >= 0.3 is 11.9 Å². The second-order valence-electron chi connectivity index (χ2n) is 2.67. The number of rotatable bonds is 0. The number of ether oxygens (including phenoxy) is 2. The predicted octanol–water partition coefficient (Wildman–Crippen LogP) is 1.25. The van der Waals surface area contributed by atoms with Gasteiger partial charge in [-0.05, 0) is 12.8 Å². The first-order valence-electron chi connectivity index (χ1n) is 4.34. The summed E-state index contributed by atoms with van der Waals surface area (Å²) in [7, 11) is 2.64. The summed E-state index contributed by atoms with van der Waals surface area (Å²) in [4.78, 5) is 22.0. The summed E-state index contributed by atoms with van der Waals surface area (Å²) in [6.45, 7) is 0.837. The third kappa shape index (κ3) is 5.39. The van der Waals surface area contributed by atoms with Gasteiger partial charge in [-0.25, -0.2) is 0 Å². The zero-order valence-corrected chi connectivity index (χ0v) is 9.33. The minimum atomic E-state index is -0.212. The highest BCUT2D eigenvalue weighted by molar-refractivity contribution is 8.77. The number of carbonyl (C=O) groups is 2. The zero-order chi connectivity index (χ0) is 10.2. The lowest BCUT2D eigenvalue weighted by Crippen LogP contribution is -2.12. The lowest BCUT2D eigenvalue weighted by molar-refractivity contribution is -0.143. The smallest absolute Gasteiger partial charge is 0.316 e. The Morgan fingerprint density at radius 3 is 1.71 bits per heavy atom. The van der Waals surface area contributed by atoms with E-state index < -0.39 is 0 Å². The Bertz CT molecular complexity index is 186. The van der Waals surface area contributed by atoms with Crippen molar-refractivity contribution >= 4 is 33.5 Å². The van der Waals surface area contributed by atoms with Crippen molar-refractivity contribution < 1.29 is 19.1 Å². The summed E-state index contributed by atoms with van der Waals surface area (Å²) in [6.07, 6.45) is 1.49. The highest BCUT2D eigenvalue weighted by Gasteiger charge is 2.08. The number of cyclic esters (lactones) is 2. The molecule has 80 valence electrons. The molecule has 6 heteroatoms. The maximum absolute atomic E-state index is 11.0. The van der Waals surface area contributed by atoms with Crippen LogP contribution in [0.1, 0.15) is 12.8 Å². The number of hydrogen-bond donors (Lipinski definition) is 0. The largest absolute Gasteiger partial charge is 0.465 e. The van der Waals surface area contributed by atoms with Gasteiger partial charge in [-0.2, -0.15) is 0 Å². The molecular weight excluding hydrogens is 224 g/mol. The van der Waals surface area contributed by atoms with Gasteiger partial charge in [-0.1, -0.05) is 21.6 Å².